The second kappa shape index (κ2) is 9.25. The molecule has 11 nitrogen and oxygen atoms in total. The number of piperazine rings is 1. The number of carbonyl (C=O) groups is 3. The fourth-order valence-electron chi connectivity index (χ4n) is 4.51. The molecular formula is C25H25N7O4. The van der Waals surface area contributed by atoms with E-state index in [-0.39, 0.29) is 30.6 Å². The lowest BCUT2D eigenvalue weighted by Crippen LogP contribution is -2.56. The minimum Gasteiger partial charge on any atom is -0.494 e. The summed E-state index contributed by atoms with van der Waals surface area (Å²) < 4.78 is 6.94. The van der Waals surface area contributed by atoms with Gasteiger partial charge in [0.05, 0.1) is 29.8 Å². The molecule has 184 valence electrons. The molecule has 11 heteroatoms. The van der Waals surface area contributed by atoms with E-state index in [1.165, 1.54) is 35.4 Å². The fourth-order valence-corrected chi connectivity index (χ4v) is 4.51. The molecule has 0 aliphatic carbocycles. The van der Waals surface area contributed by atoms with Crippen molar-refractivity contribution in [2.24, 2.45) is 0 Å². The number of fused-ring (bicyclic) bond motifs is 1. The highest BCUT2D eigenvalue weighted by molar-refractivity contribution is 6.45. The lowest BCUT2D eigenvalue weighted by molar-refractivity contribution is -0.128. The Morgan fingerprint density at radius 2 is 1.89 bits per heavy atom. The summed E-state index contributed by atoms with van der Waals surface area (Å²) in [6.45, 7) is 4.49. The van der Waals surface area contributed by atoms with Crippen molar-refractivity contribution >= 4 is 28.5 Å². The maximum Gasteiger partial charge on any atom is 0.295 e. The van der Waals surface area contributed by atoms with Gasteiger partial charge >= 0.3 is 0 Å². The van der Waals surface area contributed by atoms with Crippen LogP contribution in [0.5, 0.6) is 5.75 Å². The van der Waals surface area contributed by atoms with E-state index in [1.807, 2.05) is 25.1 Å². The quantitative estimate of drug-likeness (QED) is 0.337. The summed E-state index contributed by atoms with van der Waals surface area (Å²) in [4.78, 5) is 54.3. The summed E-state index contributed by atoms with van der Waals surface area (Å²) >= 11 is 0. The number of benzene rings is 1. The van der Waals surface area contributed by atoms with Crippen LogP contribution in [-0.4, -0.2) is 84.9 Å². The van der Waals surface area contributed by atoms with Crippen LogP contribution in [0.4, 0.5) is 0 Å². The highest BCUT2D eigenvalue weighted by Crippen LogP contribution is 2.32. The second-order valence-corrected chi connectivity index (χ2v) is 8.63. The standard InChI is InChI=1S/C25H25N7O4/c1-15-13-30(9-10-31(15)24(34)17-7-5-4-6-8-17)25(35)22(33)18-11-26-21-20(18)19(36-3)12-27-23(21)32-14-28-16(2)29-32/h4-8,11-12,14-15,26H,9-10,13H2,1-3H3/t15-/m1/s1. The Labute approximate surface area is 206 Å². The predicted molar refractivity (Wildman–Crippen MR) is 130 cm³/mol. The van der Waals surface area contributed by atoms with Crippen LogP contribution in [0.1, 0.15) is 33.5 Å². The maximum atomic E-state index is 13.4. The molecule has 1 saturated heterocycles. The van der Waals surface area contributed by atoms with Gasteiger partial charge in [0.1, 0.15) is 17.9 Å². The molecule has 1 aliphatic rings. The average molecular weight is 488 g/mol. The Morgan fingerprint density at radius 3 is 2.56 bits per heavy atom. The van der Waals surface area contributed by atoms with Crippen LogP contribution in [0.15, 0.2) is 49.1 Å². The summed E-state index contributed by atoms with van der Waals surface area (Å²) in [6.07, 6.45) is 4.50. The Morgan fingerprint density at radius 1 is 1.11 bits per heavy atom. The van der Waals surface area contributed by atoms with Crippen LogP contribution >= 0.6 is 0 Å². The van der Waals surface area contributed by atoms with E-state index < -0.39 is 11.7 Å². The second-order valence-electron chi connectivity index (χ2n) is 8.63. The van der Waals surface area contributed by atoms with Crippen LogP contribution in [0.2, 0.25) is 0 Å². The van der Waals surface area contributed by atoms with Gasteiger partial charge in [-0.2, -0.15) is 5.10 Å². The molecule has 5 rings (SSSR count). The number of ether oxygens (including phenoxy) is 1. The molecular weight excluding hydrogens is 462 g/mol. The van der Waals surface area contributed by atoms with E-state index in [9.17, 15) is 14.4 Å². The number of rotatable bonds is 5. The molecule has 4 aromatic rings. The lowest BCUT2D eigenvalue weighted by atomic mass is 10.1. The number of hydrogen-bond acceptors (Lipinski definition) is 7. The molecule has 4 heterocycles. The summed E-state index contributed by atoms with van der Waals surface area (Å²) in [5.74, 6) is -0.0358. The van der Waals surface area contributed by atoms with E-state index in [1.54, 1.807) is 24.0 Å². The number of carbonyl (C=O) groups excluding carboxylic acids is 3. The van der Waals surface area contributed by atoms with Crippen LogP contribution in [0.25, 0.3) is 16.7 Å². The van der Waals surface area contributed by atoms with Crippen LogP contribution < -0.4 is 4.74 Å². The predicted octanol–water partition coefficient (Wildman–Crippen LogP) is 2.02. The monoisotopic (exact) mass is 487 g/mol. The number of ketones is 1. The molecule has 1 aromatic carbocycles. The van der Waals surface area contributed by atoms with Crippen LogP contribution in [0, 0.1) is 6.92 Å². The Kier molecular flexibility index (Phi) is 5.96. The number of aryl methyl sites for hydroxylation is 1. The average Bonchev–Trinajstić information content (AvgIpc) is 3.54. The molecule has 3 aromatic heterocycles. The fraction of sp³-hybridized carbons (Fsp3) is 0.280. The number of aromatic nitrogens is 5. The minimum absolute atomic E-state index is 0.0914. The van der Waals surface area contributed by atoms with Crippen LogP contribution in [0.3, 0.4) is 0 Å². The largest absolute Gasteiger partial charge is 0.494 e. The molecule has 1 fully saturated rings. The first-order chi connectivity index (χ1) is 17.4. The van der Waals surface area contributed by atoms with Crippen molar-refractivity contribution < 1.29 is 19.1 Å². The van der Waals surface area contributed by atoms with E-state index in [0.29, 0.717) is 40.4 Å². The topological polar surface area (TPSA) is 126 Å². The van der Waals surface area contributed by atoms with Crippen molar-refractivity contribution in [3.8, 4) is 11.6 Å². The first kappa shape index (κ1) is 23.2. The molecule has 0 saturated carbocycles. The third-order valence-corrected chi connectivity index (χ3v) is 6.33. The third-order valence-electron chi connectivity index (χ3n) is 6.33. The van der Waals surface area contributed by atoms with Crippen molar-refractivity contribution in [2.45, 2.75) is 19.9 Å². The SMILES string of the molecule is COc1cnc(-n2cnc(C)n2)c2[nH]cc(C(=O)C(=O)N3CCN(C(=O)c4ccccc4)[C@H](C)C3)c12. The molecule has 1 atom stereocenters. The highest BCUT2D eigenvalue weighted by Gasteiger charge is 2.34. The number of methoxy groups -OCH3 is 1. The van der Waals surface area contributed by atoms with E-state index >= 15 is 0 Å². The number of Topliss-reactive ketones (excluding diaryl/α,β-unsaturated/α-hetero) is 1. The number of amides is 2. The van der Waals surface area contributed by atoms with Gasteiger partial charge in [0.25, 0.3) is 17.6 Å². The van der Waals surface area contributed by atoms with E-state index in [0.717, 1.165) is 0 Å². The molecule has 0 bridgehead atoms. The first-order valence-corrected chi connectivity index (χ1v) is 11.5. The number of nitrogens with zero attached hydrogens (tertiary/aromatic N) is 6. The number of nitrogens with one attached hydrogen (secondary N) is 1. The van der Waals surface area contributed by atoms with Crippen molar-refractivity contribution in [1.29, 1.82) is 0 Å². The molecule has 2 amide bonds. The zero-order chi connectivity index (χ0) is 25.4. The normalized spacial score (nSPS) is 15.8. The zero-order valence-electron chi connectivity index (χ0n) is 20.1. The molecule has 36 heavy (non-hydrogen) atoms. The Balaban J connectivity index is 1.39. The molecule has 1 aliphatic heterocycles. The minimum atomic E-state index is -0.665. The van der Waals surface area contributed by atoms with Gasteiger partial charge in [-0.25, -0.2) is 14.6 Å². The van der Waals surface area contributed by atoms with Crippen LogP contribution in [-0.2, 0) is 4.79 Å². The van der Waals surface area contributed by atoms with Gasteiger partial charge in [-0.3, -0.25) is 14.4 Å². The van der Waals surface area contributed by atoms with Gasteiger partial charge in [0.15, 0.2) is 5.82 Å². The zero-order valence-corrected chi connectivity index (χ0v) is 20.1. The number of aromatic amines is 1. The maximum absolute atomic E-state index is 13.4. The summed E-state index contributed by atoms with van der Waals surface area (Å²) in [5.41, 5.74) is 1.28. The van der Waals surface area contributed by atoms with Gasteiger partial charge in [-0.1, -0.05) is 18.2 Å². The Bertz CT molecular complexity index is 1460. The summed E-state index contributed by atoms with van der Waals surface area (Å²) in [5, 5.41) is 4.74. The molecule has 1 N–H and O–H groups in total. The lowest BCUT2D eigenvalue weighted by Gasteiger charge is -2.39. The van der Waals surface area contributed by atoms with E-state index in [2.05, 4.69) is 20.1 Å². The number of hydrogen-bond donors (Lipinski definition) is 1. The number of H-pyrrole nitrogens is 1. The van der Waals surface area contributed by atoms with E-state index in [4.69, 9.17) is 4.74 Å². The van der Waals surface area contributed by atoms with Crippen molar-refractivity contribution in [3.05, 3.63) is 66.0 Å². The summed E-state index contributed by atoms with van der Waals surface area (Å²) in [6, 6.07) is 8.78. The highest BCUT2D eigenvalue weighted by atomic mass is 16.5. The smallest absolute Gasteiger partial charge is 0.295 e. The van der Waals surface area contributed by atoms with Crippen molar-refractivity contribution in [3.63, 3.8) is 0 Å². The first-order valence-electron chi connectivity index (χ1n) is 11.5. The van der Waals surface area contributed by atoms with Crippen molar-refractivity contribution in [2.75, 3.05) is 26.7 Å². The summed E-state index contributed by atoms with van der Waals surface area (Å²) in [7, 11) is 1.48. The Hall–Kier alpha value is -4.54. The van der Waals surface area contributed by atoms with Gasteiger partial charge < -0.3 is 19.5 Å². The van der Waals surface area contributed by atoms with Crippen molar-refractivity contribution in [1.82, 2.24) is 34.5 Å². The molecule has 0 spiro atoms. The van der Waals surface area contributed by atoms with Gasteiger partial charge in [-0.05, 0) is 26.0 Å². The molecule has 0 radical (unpaired) electrons. The van der Waals surface area contributed by atoms with Gasteiger partial charge in [-0.15, -0.1) is 0 Å². The third kappa shape index (κ3) is 3.98. The van der Waals surface area contributed by atoms with Gasteiger partial charge in [0.2, 0.25) is 0 Å². The molecule has 0 unspecified atom stereocenters. The van der Waals surface area contributed by atoms with Gasteiger partial charge in [0, 0.05) is 37.4 Å². The number of pyridine rings is 1.